The molecule has 0 amide bonds. The summed E-state index contributed by atoms with van der Waals surface area (Å²) in [5, 5.41) is 0. The molecule has 0 aliphatic rings. The molecule has 1 aromatic rings. The molecule has 0 aliphatic carbocycles. The van der Waals surface area contributed by atoms with Crippen LogP contribution >= 0.6 is 0 Å². The summed E-state index contributed by atoms with van der Waals surface area (Å²) in [4.78, 5) is 0. The fraction of sp³-hybridized carbons (Fsp3) is 0.500. The van der Waals surface area contributed by atoms with Gasteiger partial charge in [-0.15, -0.1) is 0 Å². The van der Waals surface area contributed by atoms with E-state index in [1.165, 1.54) is 7.11 Å². The monoisotopic (exact) mass is 263 g/mol. The number of hydrogen-bond acceptors (Lipinski definition) is 3. The van der Waals surface area contributed by atoms with Crippen LogP contribution in [0, 0.1) is 5.92 Å². The van der Waals surface area contributed by atoms with Gasteiger partial charge < -0.3 is 15.2 Å². The van der Waals surface area contributed by atoms with E-state index in [-0.39, 0.29) is 13.0 Å². The Labute approximate surface area is 104 Å². The molecular weight excluding hydrogens is 247 g/mol. The van der Waals surface area contributed by atoms with Gasteiger partial charge in [-0.2, -0.15) is 13.2 Å². The van der Waals surface area contributed by atoms with Gasteiger partial charge in [-0.1, -0.05) is 0 Å². The largest absolute Gasteiger partial charge is 0.497 e. The molecule has 0 spiro atoms. The number of halogens is 3. The van der Waals surface area contributed by atoms with E-state index in [1.54, 1.807) is 24.3 Å². The summed E-state index contributed by atoms with van der Waals surface area (Å²) >= 11 is 0. The number of rotatable bonds is 6. The van der Waals surface area contributed by atoms with E-state index in [0.717, 1.165) is 0 Å². The minimum absolute atomic E-state index is 0.0201. The average molecular weight is 263 g/mol. The third-order valence-electron chi connectivity index (χ3n) is 2.54. The van der Waals surface area contributed by atoms with Crippen LogP contribution in [0.5, 0.6) is 11.5 Å². The molecule has 6 heteroatoms. The number of methoxy groups -OCH3 is 1. The predicted octanol–water partition coefficient (Wildman–Crippen LogP) is 2.60. The molecule has 0 saturated carbocycles. The molecule has 0 bridgehead atoms. The normalized spacial score (nSPS) is 13.2. The van der Waals surface area contributed by atoms with Crippen molar-refractivity contribution in [2.24, 2.45) is 11.7 Å². The Morgan fingerprint density at radius 2 is 1.72 bits per heavy atom. The van der Waals surface area contributed by atoms with E-state index >= 15 is 0 Å². The molecule has 1 atom stereocenters. The van der Waals surface area contributed by atoms with Gasteiger partial charge in [0.25, 0.3) is 0 Å². The molecule has 18 heavy (non-hydrogen) atoms. The lowest BCUT2D eigenvalue weighted by atomic mass is 10.1. The van der Waals surface area contributed by atoms with Crippen molar-refractivity contribution in [1.82, 2.24) is 0 Å². The second kappa shape index (κ2) is 6.49. The topological polar surface area (TPSA) is 44.5 Å². The van der Waals surface area contributed by atoms with Crippen LogP contribution in [-0.4, -0.2) is 26.4 Å². The van der Waals surface area contributed by atoms with Gasteiger partial charge in [0.1, 0.15) is 11.5 Å². The van der Waals surface area contributed by atoms with Gasteiger partial charge in [-0.25, -0.2) is 0 Å². The molecule has 1 unspecified atom stereocenters. The van der Waals surface area contributed by atoms with Crippen molar-refractivity contribution in [2.75, 3.05) is 20.3 Å². The molecule has 1 aromatic carbocycles. The highest BCUT2D eigenvalue weighted by Gasteiger charge is 2.38. The van der Waals surface area contributed by atoms with Crippen molar-refractivity contribution in [3.63, 3.8) is 0 Å². The summed E-state index contributed by atoms with van der Waals surface area (Å²) in [6.07, 6.45) is -4.41. The zero-order chi connectivity index (χ0) is 13.6. The van der Waals surface area contributed by atoms with E-state index in [9.17, 15) is 13.2 Å². The second-order valence-electron chi connectivity index (χ2n) is 3.79. The predicted molar refractivity (Wildman–Crippen MR) is 61.7 cm³/mol. The van der Waals surface area contributed by atoms with Gasteiger partial charge in [0.2, 0.25) is 0 Å². The van der Waals surface area contributed by atoms with Gasteiger partial charge >= 0.3 is 6.18 Å². The third kappa shape index (κ3) is 4.44. The van der Waals surface area contributed by atoms with Gasteiger partial charge in [0, 0.05) is 6.54 Å². The Kier molecular flexibility index (Phi) is 5.27. The van der Waals surface area contributed by atoms with E-state index < -0.39 is 18.6 Å². The van der Waals surface area contributed by atoms with E-state index in [0.29, 0.717) is 11.5 Å². The zero-order valence-corrected chi connectivity index (χ0v) is 10.0. The molecule has 0 aliphatic heterocycles. The van der Waals surface area contributed by atoms with Crippen LogP contribution in [0.15, 0.2) is 24.3 Å². The molecule has 3 nitrogen and oxygen atoms in total. The van der Waals surface area contributed by atoms with Crippen LogP contribution < -0.4 is 15.2 Å². The summed E-state index contributed by atoms with van der Waals surface area (Å²) in [5.74, 6) is -0.345. The summed E-state index contributed by atoms with van der Waals surface area (Å²) < 4.78 is 47.4. The molecule has 2 N–H and O–H groups in total. The van der Waals surface area contributed by atoms with Gasteiger partial charge in [0.05, 0.1) is 19.6 Å². The van der Waals surface area contributed by atoms with E-state index in [1.807, 2.05) is 0 Å². The first-order valence-corrected chi connectivity index (χ1v) is 5.51. The SMILES string of the molecule is COc1ccc(OCCC(CN)C(F)(F)F)cc1. The van der Waals surface area contributed by atoms with E-state index in [2.05, 4.69) is 0 Å². The molecular formula is C12H16F3NO2. The molecule has 0 heterocycles. The first kappa shape index (κ1) is 14.6. The van der Waals surface area contributed by atoms with Crippen molar-refractivity contribution in [3.05, 3.63) is 24.3 Å². The molecule has 0 fully saturated rings. The van der Waals surface area contributed by atoms with Gasteiger partial charge in [-0.05, 0) is 30.7 Å². The van der Waals surface area contributed by atoms with Crippen molar-refractivity contribution >= 4 is 0 Å². The summed E-state index contributed by atoms with van der Waals surface area (Å²) in [7, 11) is 1.53. The van der Waals surface area contributed by atoms with Crippen LogP contribution in [0.25, 0.3) is 0 Å². The Morgan fingerprint density at radius 3 is 2.17 bits per heavy atom. The van der Waals surface area contributed by atoms with Crippen LogP contribution in [-0.2, 0) is 0 Å². The summed E-state index contributed by atoms with van der Waals surface area (Å²) in [6, 6.07) is 6.65. The number of benzene rings is 1. The Balaban J connectivity index is 2.40. The Morgan fingerprint density at radius 1 is 1.17 bits per heavy atom. The standard InChI is InChI=1S/C12H16F3NO2/c1-17-10-2-4-11(5-3-10)18-7-6-9(8-16)12(13,14)15/h2-5,9H,6-8,16H2,1H3. The van der Waals surface area contributed by atoms with Crippen molar-refractivity contribution in [2.45, 2.75) is 12.6 Å². The number of alkyl halides is 3. The van der Waals surface area contributed by atoms with Crippen molar-refractivity contribution < 1.29 is 22.6 Å². The second-order valence-corrected chi connectivity index (χ2v) is 3.79. The highest BCUT2D eigenvalue weighted by molar-refractivity contribution is 5.31. The molecule has 1 rings (SSSR count). The maximum absolute atomic E-state index is 12.4. The minimum atomic E-state index is -4.27. The van der Waals surface area contributed by atoms with Crippen LogP contribution in [0.4, 0.5) is 13.2 Å². The van der Waals surface area contributed by atoms with Crippen LogP contribution in [0.1, 0.15) is 6.42 Å². The zero-order valence-electron chi connectivity index (χ0n) is 10.0. The highest BCUT2D eigenvalue weighted by Crippen LogP contribution is 2.28. The number of ether oxygens (including phenoxy) is 2. The van der Waals surface area contributed by atoms with Gasteiger partial charge in [0.15, 0.2) is 0 Å². The number of nitrogens with two attached hydrogens (primary N) is 1. The van der Waals surface area contributed by atoms with Crippen molar-refractivity contribution in [1.29, 1.82) is 0 Å². The first-order valence-electron chi connectivity index (χ1n) is 5.51. The third-order valence-corrected chi connectivity index (χ3v) is 2.54. The van der Waals surface area contributed by atoms with Crippen LogP contribution in [0.2, 0.25) is 0 Å². The van der Waals surface area contributed by atoms with E-state index in [4.69, 9.17) is 15.2 Å². The fourth-order valence-corrected chi connectivity index (χ4v) is 1.41. The molecule has 0 saturated heterocycles. The smallest absolute Gasteiger partial charge is 0.393 e. The van der Waals surface area contributed by atoms with Crippen molar-refractivity contribution in [3.8, 4) is 11.5 Å². The molecule has 0 aromatic heterocycles. The highest BCUT2D eigenvalue weighted by atomic mass is 19.4. The Bertz CT molecular complexity index is 351. The fourth-order valence-electron chi connectivity index (χ4n) is 1.41. The lowest BCUT2D eigenvalue weighted by molar-refractivity contribution is -0.174. The molecule has 102 valence electrons. The quantitative estimate of drug-likeness (QED) is 0.858. The minimum Gasteiger partial charge on any atom is -0.497 e. The number of hydrogen-bond donors (Lipinski definition) is 1. The lowest BCUT2D eigenvalue weighted by Gasteiger charge is -2.18. The van der Waals surface area contributed by atoms with Gasteiger partial charge in [-0.3, -0.25) is 0 Å². The summed E-state index contributed by atoms with van der Waals surface area (Å²) in [5.41, 5.74) is 5.08. The summed E-state index contributed by atoms with van der Waals surface area (Å²) in [6.45, 7) is -0.441. The maximum atomic E-state index is 12.4. The first-order chi connectivity index (χ1) is 8.47. The maximum Gasteiger partial charge on any atom is 0.393 e. The van der Waals surface area contributed by atoms with Crippen LogP contribution in [0.3, 0.4) is 0 Å². The Hall–Kier alpha value is -1.43. The lowest BCUT2D eigenvalue weighted by Crippen LogP contribution is -2.31. The average Bonchev–Trinajstić information content (AvgIpc) is 2.34. The molecule has 0 radical (unpaired) electrons.